The third-order valence-electron chi connectivity index (χ3n) is 12.1. The van der Waals surface area contributed by atoms with E-state index in [0.29, 0.717) is 5.82 Å². The van der Waals surface area contributed by atoms with Crippen LogP contribution in [0.3, 0.4) is 0 Å². The van der Waals surface area contributed by atoms with Crippen LogP contribution >= 0.6 is 0 Å². The summed E-state index contributed by atoms with van der Waals surface area (Å²) < 4.78 is 0. The fourth-order valence-corrected chi connectivity index (χ4v) is 9.29. The highest BCUT2D eigenvalue weighted by atomic mass is 14.9. The summed E-state index contributed by atoms with van der Waals surface area (Å²) in [6.45, 7) is 4.74. The summed E-state index contributed by atoms with van der Waals surface area (Å²) in [5.74, 6) is 0.705. The van der Waals surface area contributed by atoms with Gasteiger partial charge in [0, 0.05) is 22.1 Å². The first-order valence-electron chi connectivity index (χ1n) is 19.7. The minimum atomic E-state index is -0.117. The van der Waals surface area contributed by atoms with Crippen molar-refractivity contribution in [2.75, 3.05) is 0 Å². The smallest absolute Gasteiger partial charge is 0.160 e. The summed E-state index contributed by atoms with van der Waals surface area (Å²) in [6, 6.07) is 70.1. The largest absolute Gasteiger partial charge is 0.228 e. The van der Waals surface area contributed by atoms with Gasteiger partial charge in [0.2, 0.25) is 0 Å². The van der Waals surface area contributed by atoms with E-state index in [1.807, 2.05) is 6.07 Å². The highest BCUT2D eigenvalue weighted by Crippen LogP contribution is 2.52. The van der Waals surface area contributed by atoms with Gasteiger partial charge in [0.15, 0.2) is 5.82 Å². The maximum Gasteiger partial charge on any atom is 0.160 e. The van der Waals surface area contributed by atoms with E-state index < -0.39 is 0 Å². The van der Waals surface area contributed by atoms with Gasteiger partial charge in [-0.2, -0.15) is 0 Å². The zero-order valence-corrected chi connectivity index (χ0v) is 31.9. The van der Waals surface area contributed by atoms with Gasteiger partial charge in [-0.1, -0.05) is 196 Å². The normalized spacial score (nSPS) is 12.9. The molecule has 1 aliphatic carbocycles. The van der Waals surface area contributed by atoms with E-state index in [1.54, 1.807) is 0 Å². The van der Waals surface area contributed by atoms with Crippen LogP contribution in [-0.4, -0.2) is 9.97 Å². The molecule has 0 radical (unpaired) electrons. The molecule has 10 aromatic rings. The predicted molar refractivity (Wildman–Crippen MR) is 239 cm³/mol. The molecule has 9 aromatic carbocycles. The predicted octanol–water partition coefficient (Wildman–Crippen LogP) is 14.6. The lowest BCUT2D eigenvalue weighted by atomic mass is 9.81. The van der Waals surface area contributed by atoms with Crippen LogP contribution in [-0.2, 0) is 5.41 Å². The number of nitrogens with zero attached hydrogens (tertiary/aromatic N) is 2. The fourth-order valence-electron chi connectivity index (χ4n) is 9.29. The molecule has 2 heteroatoms. The zero-order valence-electron chi connectivity index (χ0n) is 31.9. The third kappa shape index (κ3) is 5.33. The van der Waals surface area contributed by atoms with Crippen molar-refractivity contribution >= 4 is 32.3 Å². The molecular formula is C55H38N2. The second kappa shape index (κ2) is 13.0. The Bertz CT molecular complexity index is 3210. The average molecular weight is 727 g/mol. The number of hydrogen-bond donors (Lipinski definition) is 0. The summed E-state index contributed by atoms with van der Waals surface area (Å²) in [4.78, 5) is 10.6. The molecular weight excluding hydrogens is 689 g/mol. The Morgan fingerprint density at radius 1 is 0.333 bits per heavy atom. The Hall–Kier alpha value is -7.16. The molecule has 0 atom stereocenters. The van der Waals surface area contributed by atoms with Crippen LogP contribution in [0.2, 0.25) is 0 Å². The third-order valence-corrected chi connectivity index (χ3v) is 12.1. The SMILES string of the molecule is CC1(C)c2cc(-c3ccc(-c4cc(-c5ccccc5-c5cccc6ccccc56)nc(-c5ccccc5)n4)c4ccccc34)ccc2-c2c1ccc1ccccc21. The topological polar surface area (TPSA) is 25.8 Å². The molecule has 0 saturated heterocycles. The average Bonchev–Trinajstić information content (AvgIpc) is 3.51. The molecule has 2 nitrogen and oxygen atoms in total. The second-order valence-corrected chi connectivity index (χ2v) is 15.7. The molecule has 11 rings (SSSR count). The lowest BCUT2D eigenvalue weighted by molar-refractivity contribution is 0.661. The van der Waals surface area contributed by atoms with Gasteiger partial charge in [-0.3, -0.25) is 0 Å². The van der Waals surface area contributed by atoms with Crippen molar-refractivity contribution in [3.8, 4) is 67.3 Å². The molecule has 0 fully saturated rings. The van der Waals surface area contributed by atoms with Crippen LogP contribution in [0.4, 0.5) is 0 Å². The monoisotopic (exact) mass is 726 g/mol. The van der Waals surface area contributed by atoms with Gasteiger partial charge in [-0.05, 0) is 89.0 Å². The van der Waals surface area contributed by atoms with Gasteiger partial charge in [-0.25, -0.2) is 9.97 Å². The Morgan fingerprint density at radius 3 is 1.68 bits per heavy atom. The number of hydrogen-bond acceptors (Lipinski definition) is 2. The van der Waals surface area contributed by atoms with Crippen LogP contribution in [0.5, 0.6) is 0 Å². The lowest BCUT2D eigenvalue weighted by Gasteiger charge is -2.22. The standard InChI is InChI=1S/C55H38N2/c1-55(2)49-32-28-36-16-7-9-21-41(36)53(49)48-29-27-38(33-50(48)55)40-30-31-47(45-24-11-10-22-42(40)45)52-34-51(56-54(57-52)37-17-4-3-5-18-37)46-25-13-12-23-44(46)43-26-14-19-35-15-6-8-20-39(35)43/h3-34H,1-2H3. The minimum Gasteiger partial charge on any atom is -0.228 e. The summed E-state index contributed by atoms with van der Waals surface area (Å²) in [7, 11) is 0. The first-order valence-corrected chi connectivity index (χ1v) is 19.7. The highest BCUT2D eigenvalue weighted by Gasteiger charge is 2.36. The fraction of sp³-hybridized carbons (Fsp3) is 0.0545. The van der Waals surface area contributed by atoms with Crippen molar-refractivity contribution in [1.82, 2.24) is 9.97 Å². The van der Waals surface area contributed by atoms with Gasteiger partial charge in [0.25, 0.3) is 0 Å². The maximum atomic E-state index is 5.31. The number of aromatic nitrogens is 2. The van der Waals surface area contributed by atoms with Gasteiger partial charge < -0.3 is 0 Å². The van der Waals surface area contributed by atoms with E-state index in [4.69, 9.17) is 9.97 Å². The molecule has 0 N–H and O–H groups in total. The van der Waals surface area contributed by atoms with Crippen LogP contribution in [0, 0.1) is 0 Å². The van der Waals surface area contributed by atoms with Crippen molar-refractivity contribution in [2.45, 2.75) is 19.3 Å². The quantitative estimate of drug-likeness (QED) is 0.176. The Morgan fingerprint density at radius 2 is 0.895 bits per heavy atom. The van der Waals surface area contributed by atoms with Crippen LogP contribution < -0.4 is 0 Å². The van der Waals surface area contributed by atoms with Crippen molar-refractivity contribution in [1.29, 1.82) is 0 Å². The summed E-state index contributed by atoms with van der Waals surface area (Å²) in [6.07, 6.45) is 0. The van der Waals surface area contributed by atoms with E-state index in [1.165, 1.54) is 65.9 Å². The van der Waals surface area contributed by atoms with E-state index >= 15 is 0 Å². The van der Waals surface area contributed by atoms with Crippen LogP contribution in [0.1, 0.15) is 25.0 Å². The number of fused-ring (bicyclic) bond motifs is 7. The Kier molecular flexibility index (Phi) is 7.55. The zero-order chi connectivity index (χ0) is 38.1. The van der Waals surface area contributed by atoms with Gasteiger partial charge >= 0.3 is 0 Å². The lowest BCUT2D eigenvalue weighted by Crippen LogP contribution is -2.15. The minimum absolute atomic E-state index is 0.117. The molecule has 0 unspecified atom stereocenters. The molecule has 1 heterocycles. The van der Waals surface area contributed by atoms with E-state index in [2.05, 4.69) is 202 Å². The molecule has 0 aliphatic heterocycles. The van der Waals surface area contributed by atoms with Crippen molar-refractivity contribution in [3.63, 3.8) is 0 Å². The van der Waals surface area contributed by atoms with Crippen molar-refractivity contribution < 1.29 is 0 Å². The molecule has 0 bridgehead atoms. The molecule has 0 spiro atoms. The van der Waals surface area contributed by atoms with Gasteiger partial charge in [0.05, 0.1) is 11.4 Å². The van der Waals surface area contributed by atoms with Crippen molar-refractivity contribution in [3.05, 3.63) is 205 Å². The Balaban J connectivity index is 1.08. The molecule has 268 valence electrons. The number of rotatable bonds is 5. The first kappa shape index (κ1) is 33.2. The summed E-state index contributed by atoms with van der Waals surface area (Å²) in [5, 5.41) is 7.41. The van der Waals surface area contributed by atoms with Gasteiger partial charge in [0.1, 0.15) is 0 Å². The summed E-state index contributed by atoms with van der Waals surface area (Å²) >= 11 is 0. The summed E-state index contributed by atoms with van der Waals surface area (Å²) in [5.41, 5.74) is 15.1. The molecule has 57 heavy (non-hydrogen) atoms. The highest BCUT2D eigenvalue weighted by molar-refractivity contribution is 6.07. The number of benzene rings is 9. The van der Waals surface area contributed by atoms with Crippen molar-refractivity contribution in [2.24, 2.45) is 0 Å². The second-order valence-electron chi connectivity index (χ2n) is 15.7. The molecule has 0 saturated carbocycles. The first-order chi connectivity index (χ1) is 28.0. The molecule has 0 amide bonds. The van der Waals surface area contributed by atoms with Gasteiger partial charge in [-0.15, -0.1) is 0 Å². The molecule has 1 aromatic heterocycles. The van der Waals surface area contributed by atoms with E-state index in [0.717, 1.165) is 39.0 Å². The van der Waals surface area contributed by atoms with E-state index in [9.17, 15) is 0 Å². The Labute approximate surface area is 332 Å². The van der Waals surface area contributed by atoms with Crippen LogP contribution in [0.15, 0.2) is 194 Å². The maximum absolute atomic E-state index is 5.31. The van der Waals surface area contributed by atoms with Crippen LogP contribution in [0.25, 0.3) is 99.6 Å². The van der Waals surface area contributed by atoms with E-state index in [-0.39, 0.29) is 5.41 Å². The molecule has 1 aliphatic rings.